The molecule has 0 rings (SSSR count). The van der Waals surface area contributed by atoms with E-state index in [-0.39, 0.29) is 19.4 Å². The molecule has 0 aliphatic carbocycles. The van der Waals surface area contributed by atoms with Crippen molar-refractivity contribution in [1.29, 1.82) is 0 Å². The van der Waals surface area contributed by atoms with E-state index in [0.29, 0.717) is 12.8 Å². The Labute approximate surface area is 351 Å². The lowest BCUT2D eigenvalue weighted by atomic mass is 10.1. The van der Waals surface area contributed by atoms with Crippen LogP contribution in [-0.4, -0.2) is 59.9 Å². The summed E-state index contributed by atoms with van der Waals surface area (Å²) in [6.07, 6.45) is 47.3. The van der Waals surface area contributed by atoms with Crippen molar-refractivity contribution in [1.82, 2.24) is 0 Å². The number of esters is 2. The van der Waals surface area contributed by atoms with Gasteiger partial charge in [0, 0.05) is 12.8 Å². The minimum Gasteiger partial charge on any atom is -0.480 e. The number of allylic oxidation sites excluding steroid dienone is 10. The van der Waals surface area contributed by atoms with Crippen LogP contribution in [0.4, 0.5) is 0 Å². The molecular weight excluding hydrogens is 757 g/mol. The predicted molar refractivity (Wildman–Crippen MR) is 235 cm³/mol. The minimum absolute atomic E-state index is 0.0688. The fourth-order valence-corrected chi connectivity index (χ4v) is 6.49. The van der Waals surface area contributed by atoms with E-state index in [4.69, 9.17) is 24.8 Å². The number of carbonyl (C=O) groups excluding carboxylic acids is 2. The number of hydrogen-bond acceptors (Lipinski definition) is 9. The zero-order chi connectivity index (χ0) is 42.8. The molecule has 0 amide bonds. The van der Waals surface area contributed by atoms with Gasteiger partial charge in [0.2, 0.25) is 0 Å². The maximum Gasteiger partial charge on any atom is 0.472 e. The van der Waals surface area contributed by atoms with Crippen LogP contribution in [0.25, 0.3) is 0 Å². The SMILES string of the molecule is CCCCC/C=C/C/C=C/C/C=C/C/C=C/CCCCCC(=O)OC[C@H](COP(=O)(O)OC[C@H](N)C(=O)O)OC(=O)CC/C=C/CCCCCCCCCCCCC. The van der Waals surface area contributed by atoms with Gasteiger partial charge in [-0.25, -0.2) is 4.57 Å². The fraction of sp³-hybridized carbons (Fsp3) is 0.717. The lowest BCUT2D eigenvalue weighted by Gasteiger charge is -2.20. The van der Waals surface area contributed by atoms with Crippen LogP contribution in [0, 0.1) is 0 Å². The molecule has 0 aliphatic heterocycles. The average Bonchev–Trinajstić information content (AvgIpc) is 3.20. The third-order valence-corrected chi connectivity index (χ3v) is 10.2. The highest BCUT2D eigenvalue weighted by molar-refractivity contribution is 7.47. The molecule has 0 aliphatic rings. The minimum atomic E-state index is -4.73. The Hall–Kier alpha value is -2.82. The van der Waals surface area contributed by atoms with Crippen LogP contribution >= 0.6 is 7.82 Å². The van der Waals surface area contributed by atoms with Crippen molar-refractivity contribution in [3.05, 3.63) is 60.8 Å². The van der Waals surface area contributed by atoms with Gasteiger partial charge < -0.3 is 25.2 Å². The number of phosphoric ester groups is 1. The van der Waals surface area contributed by atoms with E-state index in [2.05, 4.69) is 73.1 Å². The molecule has 0 radical (unpaired) electrons. The molecule has 334 valence electrons. The number of nitrogens with two attached hydrogens (primary N) is 1. The molecule has 0 spiro atoms. The Kier molecular flexibility index (Phi) is 38.9. The largest absolute Gasteiger partial charge is 0.480 e. The third-order valence-electron chi connectivity index (χ3n) is 9.25. The van der Waals surface area contributed by atoms with Gasteiger partial charge in [-0.15, -0.1) is 0 Å². The Balaban J connectivity index is 4.45. The first-order valence-corrected chi connectivity index (χ1v) is 23.8. The van der Waals surface area contributed by atoms with Crippen molar-refractivity contribution < 1.29 is 47.5 Å². The number of carbonyl (C=O) groups is 3. The van der Waals surface area contributed by atoms with Crippen molar-refractivity contribution in [2.75, 3.05) is 19.8 Å². The third kappa shape index (κ3) is 40.0. The van der Waals surface area contributed by atoms with E-state index < -0.39 is 51.1 Å². The van der Waals surface area contributed by atoms with Gasteiger partial charge in [0.1, 0.15) is 12.6 Å². The summed E-state index contributed by atoms with van der Waals surface area (Å²) in [6.45, 7) is 2.70. The number of carboxylic acid groups (broad SMARTS) is 1. The van der Waals surface area contributed by atoms with Crippen LogP contribution < -0.4 is 5.73 Å². The molecule has 0 aromatic carbocycles. The van der Waals surface area contributed by atoms with Gasteiger partial charge in [0.15, 0.2) is 6.10 Å². The van der Waals surface area contributed by atoms with E-state index in [1.807, 2.05) is 6.08 Å². The highest BCUT2D eigenvalue weighted by Crippen LogP contribution is 2.43. The number of carboxylic acids is 1. The van der Waals surface area contributed by atoms with Crippen LogP contribution in [0.1, 0.15) is 181 Å². The Bertz CT molecular complexity index is 1210. The molecule has 0 aromatic heterocycles. The summed E-state index contributed by atoms with van der Waals surface area (Å²) in [6, 6.07) is -1.53. The summed E-state index contributed by atoms with van der Waals surface area (Å²) < 4.78 is 32.6. The number of rotatable bonds is 41. The van der Waals surface area contributed by atoms with Crippen LogP contribution in [0.3, 0.4) is 0 Å². The summed E-state index contributed by atoms with van der Waals surface area (Å²) >= 11 is 0. The van der Waals surface area contributed by atoms with E-state index in [9.17, 15) is 23.8 Å². The number of phosphoric acid groups is 1. The van der Waals surface area contributed by atoms with E-state index in [1.165, 1.54) is 89.9 Å². The second kappa shape index (κ2) is 40.9. The fourth-order valence-electron chi connectivity index (χ4n) is 5.71. The first kappa shape index (κ1) is 55.2. The van der Waals surface area contributed by atoms with Gasteiger partial charge in [-0.2, -0.15) is 0 Å². The van der Waals surface area contributed by atoms with Crippen LogP contribution in [-0.2, 0) is 37.5 Å². The molecule has 0 aromatic rings. The zero-order valence-electron chi connectivity index (χ0n) is 36.1. The van der Waals surface area contributed by atoms with Crippen molar-refractivity contribution in [2.45, 2.75) is 193 Å². The van der Waals surface area contributed by atoms with E-state index >= 15 is 0 Å². The van der Waals surface area contributed by atoms with Crippen molar-refractivity contribution >= 4 is 25.7 Å². The van der Waals surface area contributed by atoms with E-state index in [0.717, 1.165) is 51.4 Å². The van der Waals surface area contributed by atoms with Gasteiger partial charge in [-0.3, -0.25) is 23.4 Å². The Morgan fingerprint density at radius 1 is 0.534 bits per heavy atom. The maximum absolute atomic E-state index is 12.6. The average molecular weight is 838 g/mol. The second-order valence-corrected chi connectivity index (χ2v) is 16.3. The predicted octanol–water partition coefficient (Wildman–Crippen LogP) is 12.0. The van der Waals surface area contributed by atoms with Crippen molar-refractivity contribution in [2.24, 2.45) is 5.73 Å². The monoisotopic (exact) mass is 838 g/mol. The van der Waals surface area contributed by atoms with Crippen LogP contribution in [0.2, 0.25) is 0 Å². The number of unbranched alkanes of at least 4 members (excludes halogenated alkanes) is 17. The number of aliphatic carboxylic acids is 1. The first-order valence-electron chi connectivity index (χ1n) is 22.3. The quantitative estimate of drug-likeness (QED) is 0.0231. The molecule has 11 nitrogen and oxygen atoms in total. The summed E-state index contributed by atoms with van der Waals surface area (Å²) in [5.74, 6) is -2.48. The normalized spacial score (nSPS) is 14.3. The van der Waals surface area contributed by atoms with Gasteiger partial charge >= 0.3 is 25.7 Å². The summed E-state index contributed by atoms with van der Waals surface area (Å²) in [7, 11) is -4.73. The summed E-state index contributed by atoms with van der Waals surface area (Å²) in [5, 5.41) is 8.89. The summed E-state index contributed by atoms with van der Waals surface area (Å²) in [4.78, 5) is 45.9. The molecule has 3 atom stereocenters. The molecule has 58 heavy (non-hydrogen) atoms. The van der Waals surface area contributed by atoms with Crippen LogP contribution in [0.15, 0.2) is 60.8 Å². The lowest BCUT2D eigenvalue weighted by Crippen LogP contribution is -2.34. The van der Waals surface area contributed by atoms with Crippen molar-refractivity contribution in [3.8, 4) is 0 Å². The second-order valence-electron chi connectivity index (χ2n) is 14.8. The zero-order valence-corrected chi connectivity index (χ0v) is 37.0. The van der Waals surface area contributed by atoms with Crippen LogP contribution in [0.5, 0.6) is 0 Å². The Morgan fingerprint density at radius 2 is 0.948 bits per heavy atom. The topological polar surface area (TPSA) is 172 Å². The molecular formula is C46H80NO10P. The molecule has 0 fully saturated rings. The standard InChI is InChI=1S/C46H80NO10P/c1-3-5-7-9-11-13-15-17-19-20-21-22-24-25-27-29-31-33-35-37-44(48)54-39-42(40-55-58(52,53)56-41-43(47)46(50)51)57-45(49)38-36-34-32-30-28-26-23-18-16-14-12-10-8-6-4-2/h11,13,17,19,21-22,25,27,32,34,42-43H,3-10,12,14-16,18,20,23-24,26,28-31,33,35-41,47H2,1-2H3,(H,50,51)(H,52,53)/b13-11+,19-17+,22-21+,27-25+,34-32+/t42-,43+/m1/s1. The molecule has 0 saturated carbocycles. The summed E-state index contributed by atoms with van der Waals surface area (Å²) in [5.41, 5.74) is 5.33. The van der Waals surface area contributed by atoms with E-state index in [1.54, 1.807) is 0 Å². The highest BCUT2D eigenvalue weighted by atomic mass is 31.2. The molecule has 4 N–H and O–H groups in total. The first-order chi connectivity index (χ1) is 28.1. The highest BCUT2D eigenvalue weighted by Gasteiger charge is 2.28. The number of ether oxygens (including phenoxy) is 2. The van der Waals surface area contributed by atoms with Gasteiger partial charge in [-0.1, -0.05) is 158 Å². The molecule has 12 heteroatoms. The smallest absolute Gasteiger partial charge is 0.472 e. The van der Waals surface area contributed by atoms with Gasteiger partial charge in [-0.05, 0) is 70.6 Å². The van der Waals surface area contributed by atoms with Gasteiger partial charge in [0.25, 0.3) is 0 Å². The molecule has 0 saturated heterocycles. The maximum atomic E-state index is 12.6. The Morgan fingerprint density at radius 3 is 1.48 bits per heavy atom. The molecule has 1 unspecified atom stereocenters. The molecule has 0 heterocycles. The number of hydrogen-bond donors (Lipinski definition) is 3. The van der Waals surface area contributed by atoms with Gasteiger partial charge in [0.05, 0.1) is 13.2 Å². The van der Waals surface area contributed by atoms with Crippen molar-refractivity contribution in [3.63, 3.8) is 0 Å². The molecule has 0 bridgehead atoms. The lowest BCUT2D eigenvalue weighted by molar-refractivity contribution is -0.161.